The summed E-state index contributed by atoms with van der Waals surface area (Å²) in [6, 6.07) is 8.80. The maximum absolute atomic E-state index is 4.67. The lowest BCUT2D eigenvalue weighted by Crippen LogP contribution is -2.36. The predicted molar refractivity (Wildman–Crippen MR) is 106 cm³/mol. The van der Waals surface area contributed by atoms with Crippen LogP contribution in [0.2, 0.25) is 0 Å². The molecule has 28 heavy (non-hydrogen) atoms. The molecule has 0 radical (unpaired) electrons. The number of fused-ring (bicyclic) bond motifs is 1. The number of imidazole rings is 3. The molecule has 142 valence electrons. The lowest BCUT2D eigenvalue weighted by molar-refractivity contribution is 0.193. The first kappa shape index (κ1) is 16.9. The summed E-state index contributed by atoms with van der Waals surface area (Å²) in [7, 11) is 0. The number of hydrogen-bond acceptors (Lipinski definition) is 4. The van der Waals surface area contributed by atoms with Crippen LogP contribution in [0.25, 0.3) is 5.69 Å². The zero-order chi connectivity index (χ0) is 18.9. The number of nitrogens with one attached hydrogen (secondary N) is 1. The second-order valence-corrected chi connectivity index (χ2v) is 7.08. The van der Waals surface area contributed by atoms with Crippen molar-refractivity contribution in [2.24, 2.45) is 0 Å². The van der Waals surface area contributed by atoms with Gasteiger partial charge in [-0.05, 0) is 24.6 Å². The lowest BCUT2D eigenvalue weighted by atomic mass is 9.95. The molecule has 0 saturated heterocycles. The average Bonchev–Trinajstić information content (AvgIpc) is 3.49. The van der Waals surface area contributed by atoms with E-state index in [0.29, 0.717) is 0 Å². The van der Waals surface area contributed by atoms with Crippen molar-refractivity contribution in [2.75, 3.05) is 6.54 Å². The third-order valence-corrected chi connectivity index (χ3v) is 5.52. The summed E-state index contributed by atoms with van der Waals surface area (Å²) in [6.45, 7) is 4.86. The smallest absolute Gasteiger partial charge is 0.122 e. The van der Waals surface area contributed by atoms with E-state index in [-0.39, 0.29) is 6.04 Å². The molecule has 1 aliphatic rings. The van der Waals surface area contributed by atoms with E-state index in [1.165, 1.54) is 11.3 Å². The molecular formula is C21H23N7. The molecule has 1 aromatic carbocycles. The van der Waals surface area contributed by atoms with Gasteiger partial charge in [-0.1, -0.05) is 12.1 Å². The summed E-state index contributed by atoms with van der Waals surface area (Å²) in [6.07, 6.45) is 12.3. The third-order valence-electron chi connectivity index (χ3n) is 5.52. The topological polar surface area (TPSA) is 67.6 Å². The Morgan fingerprint density at radius 1 is 1.11 bits per heavy atom. The molecule has 7 heteroatoms. The van der Waals surface area contributed by atoms with Crippen molar-refractivity contribution >= 4 is 0 Å². The van der Waals surface area contributed by atoms with Crippen molar-refractivity contribution < 1.29 is 0 Å². The van der Waals surface area contributed by atoms with Gasteiger partial charge in [-0.2, -0.15) is 0 Å². The fourth-order valence-electron chi connectivity index (χ4n) is 4.07. The van der Waals surface area contributed by atoms with Gasteiger partial charge in [0, 0.05) is 55.7 Å². The molecule has 0 bridgehead atoms. The second-order valence-electron chi connectivity index (χ2n) is 7.08. The number of nitrogens with zero attached hydrogens (tertiary/aromatic N) is 6. The fraction of sp³-hybridized carbons (Fsp3) is 0.286. The molecule has 3 aromatic heterocycles. The van der Waals surface area contributed by atoms with Crippen LogP contribution in [-0.2, 0) is 19.5 Å². The highest BCUT2D eigenvalue weighted by Gasteiger charge is 2.31. The molecule has 4 aromatic rings. The minimum absolute atomic E-state index is 0.119. The van der Waals surface area contributed by atoms with Crippen molar-refractivity contribution in [3.8, 4) is 5.69 Å². The minimum atomic E-state index is 0.119. The predicted octanol–water partition coefficient (Wildman–Crippen LogP) is 2.96. The molecule has 1 atom stereocenters. The number of H-pyrrole nitrogens is 1. The number of benzene rings is 1. The summed E-state index contributed by atoms with van der Waals surface area (Å²) in [4.78, 5) is 19.2. The highest BCUT2D eigenvalue weighted by molar-refractivity contribution is 5.39. The molecule has 5 rings (SSSR count). The quantitative estimate of drug-likeness (QED) is 0.584. The van der Waals surface area contributed by atoms with E-state index >= 15 is 0 Å². The molecule has 0 spiro atoms. The molecular weight excluding hydrogens is 350 g/mol. The van der Waals surface area contributed by atoms with Crippen LogP contribution in [0.1, 0.15) is 35.7 Å². The summed E-state index contributed by atoms with van der Waals surface area (Å²) in [5.41, 5.74) is 4.70. The van der Waals surface area contributed by atoms with Gasteiger partial charge >= 0.3 is 0 Å². The summed E-state index contributed by atoms with van der Waals surface area (Å²) >= 11 is 0. The van der Waals surface area contributed by atoms with Crippen molar-refractivity contribution in [1.82, 2.24) is 34.0 Å². The number of hydrogen-bond donors (Lipinski definition) is 1. The Morgan fingerprint density at radius 3 is 2.79 bits per heavy atom. The zero-order valence-corrected chi connectivity index (χ0v) is 15.9. The largest absolute Gasteiger partial charge is 0.348 e. The first-order chi connectivity index (χ1) is 13.8. The van der Waals surface area contributed by atoms with Crippen LogP contribution in [0.4, 0.5) is 0 Å². The lowest BCUT2D eigenvalue weighted by Gasteiger charge is -2.35. The number of aromatic amines is 1. The van der Waals surface area contributed by atoms with E-state index in [2.05, 4.69) is 60.6 Å². The van der Waals surface area contributed by atoms with Crippen LogP contribution in [0.5, 0.6) is 0 Å². The highest BCUT2D eigenvalue weighted by atomic mass is 15.2. The second kappa shape index (κ2) is 7.09. The fourth-order valence-corrected chi connectivity index (χ4v) is 4.07. The van der Waals surface area contributed by atoms with Crippen LogP contribution in [0.3, 0.4) is 0 Å². The van der Waals surface area contributed by atoms with E-state index in [4.69, 9.17) is 0 Å². The van der Waals surface area contributed by atoms with E-state index in [1.54, 1.807) is 6.20 Å². The van der Waals surface area contributed by atoms with Crippen LogP contribution < -0.4 is 0 Å². The zero-order valence-electron chi connectivity index (χ0n) is 15.9. The number of aromatic nitrogens is 6. The number of aryl methyl sites for hydroxylation is 1. The normalized spacial score (nSPS) is 17.0. The van der Waals surface area contributed by atoms with E-state index < -0.39 is 0 Å². The van der Waals surface area contributed by atoms with Crippen LogP contribution in [0, 0.1) is 0 Å². The van der Waals surface area contributed by atoms with Crippen molar-refractivity contribution in [3.63, 3.8) is 0 Å². The Bertz CT molecular complexity index is 1040. The van der Waals surface area contributed by atoms with Crippen LogP contribution >= 0.6 is 0 Å². The average molecular weight is 373 g/mol. The van der Waals surface area contributed by atoms with Gasteiger partial charge in [-0.3, -0.25) is 4.90 Å². The Balaban J connectivity index is 1.50. The van der Waals surface area contributed by atoms with Gasteiger partial charge in [-0.25, -0.2) is 15.0 Å². The maximum atomic E-state index is 4.67. The molecule has 0 amide bonds. The molecule has 0 saturated carbocycles. The van der Waals surface area contributed by atoms with E-state index in [9.17, 15) is 0 Å². The molecule has 0 fully saturated rings. The first-order valence-corrected chi connectivity index (χ1v) is 9.68. The van der Waals surface area contributed by atoms with Gasteiger partial charge in [0.25, 0.3) is 0 Å². The summed E-state index contributed by atoms with van der Waals surface area (Å²) < 4.78 is 4.22. The van der Waals surface area contributed by atoms with Crippen molar-refractivity contribution in [3.05, 3.63) is 84.5 Å². The minimum Gasteiger partial charge on any atom is -0.348 e. The molecule has 4 heterocycles. The number of rotatable bonds is 5. The van der Waals surface area contributed by atoms with Crippen LogP contribution in [0.15, 0.2) is 61.7 Å². The monoisotopic (exact) mass is 373 g/mol. The van der Waals surface area contributed by atoms with Crippen LogP contribution in [-0.4, -0.2) is 40.5 Å². The first-order valence-electron chi connectivity index (χ1n) is 9.68. The van der Waals surface area contributed by atoms with Gasteiger partial charge in [0.2, 0.25) is 0 Å². The van der Waals surface area contributed by atoms with Gasteiger partial charge in [0.15, 0.2) is 0 Å². The molecule has 0 unspecified atom stereocenters. The Morgan fingerprint density at radius 2 is 2.00 bits per heavy atom. The van der Waals surface area contributed by atoms with E-state index in [1.807, 2.05) is 35.8 Å². The van der Waals surface area contributed by atoms with Crippen molar-refractivity contribution in [2.45, 2.75) is 32.5 Å². The Hall–Kier alpha value is -3.19. The Labute approximate surface area is 163 Å². The highest BCUT2D eigenvalue weighted by Crippen LogP contribution is 2.34. The Kier molecular flexibility index (Phi) is 4.29. The molecule has 1 N–H and O–H groups in total. The molecule has 0 aliphatic carbocycles. The van der Waals surface area contributed by atoms with Crippen molar-refractivity contribution in [1.29, 1.82) is 0 Å². The molecule has 7 nitrogen and oxygen atoms in total. The van der Waals surface area contributed by atoms with Gasteiger partial charge in [-0.15, -0.1) is 0 Å². The summed E-state index contributed by atoms with van der Waals surface area (Å²) in [5.74, 6) is 1.10. The van der Waals surface area contributed by atoms with Gasteiger partial charge in [0.05, 0.1) is 30.9 Å². The van der Waals surface area contributed by atoms with Gasteiger partial charge in [0.1, 0.15) is 5.82 Å². The standard InChI is InChI=1S/C21H23N7/c1-2-26-12-9-23-19(26)13-27-10-7-18-20(25-14-24-18)21(27)16-3-5-17(6-4-16)28-11-8-22-15-28/h3-6,8-9,11-12,14-15,21H,2,7,10,13H2,1H3,(H,24,25)/t21-/m1/s1. The third kappa shape index (κ3) is 2.93. The summed E-state index contributed by atoms with van der Waals surface area (Å²) in [5, 5.41) is 0. The molecule has 1 aliphatic heterocycles. The van der Waals surface area contributed by atoms with Gasteiger partial charge < -0.3 is 14.1 Å². The maximum Gasteiger partial charge on any atom is 0.122 e. The van der Waals surface area contributed by atoms with E-state index in [0.717, 1.165) is 43.3 Å². The SMILES string of the molecule is CCn1ccnc1CN1CCc2[nH]cnc2[C@H]1c1ccc(-n2ccnc2)cc1.